The Hall–Kier alpha value is -2.40. The van der Waals surface area contributed by atoms with Gasteiger partial charge in [-0.05, 0) is 48.2 Å². The van der Waals surface area contributed by atoms with Gasteiger partial charge in [0.1, 0.15) is 0 Å². The quantitative estimate of drug-likeness (QED) is 0.786. The smallest absolute Gasteiger partial charge is 0.0998 e. The number of benzene rings is 2. The van der Waals surface area contributed by atoms with Crippen molar-refractivity contribution >= 4 is 5.71 Å². The molecule has 0 heterocycles. The highest BCUT2D eigenvalue weighted by Gasteiger charge is 2.07. The molecule has 2 aromatic carbocycles. The Labute approximate surface area is 107 Å². The van der Waals surface area contributed by atoms with E-state index in [1.165, 1.54) is 0 Å². The van der Waals surface area contributed by atoms with Crippen LogP contribution >= 0.6 is 0 Å². The first kappa shape index (κ1) is 12.1. The fraction of sp³-hybridized carbons (Fsp3) is 0.125. The van der Waals surface area contributed by atoms with E-state index in [1.807, 2.05) is 49.4 Å². The Morgan fingerprint density at radius 2 is 1.89 bits per heavy atom. The fourth-order valence-electron chi connectivity index (χ4n) is 2.03. The highest BCUT2D eigenvalue weighted by molar-refractivity contribution is 5.98. The molecule has 2 aromatic rings. The Kier molecular flexibility index (Phi) is 3.25. The Morgan fingerprint density at radius 1 is 1.17 bits per heavy atom. The number of rotatable bonds is 2. The molecule has 2 heteroatoms. The van der Waals surface area contributed by atoms with Crippen molar-refractivity contribution in [2.75, 3.05) is 0 Å². The van der Waals surface area contributed by atoms with Crippen LogP contribution in [-0.4, -0.2) is 5.71 Å². The Morgan fingerprint density at radius 3 is 2.56 bits per heavy atom. The van der Waals surface area contributed by atoms with Crippen LogP contribution in [0.3, 0.4) is 0 Å². The predicted octanol–water partition coefficient (Wildman–Crippen LogP) is 3.92. The van der Waals surface area contributed by atoms with Crippen LogP contribution in [0.15, 0.2) is 42.5 Å². The second-order valence-corrected chi connectivity index (χ2v) is 4.31. The summed E-state index contributed by atoms with van der Waals surface area (Å²) in [7, 11) is 0. The van der Waals surface area contributed by atoms with E-state index in [1.54, 1.807) is 6.92 Å². The van der Waals surface area contributed by atoms with Crippen molar-refractivity contribution in [2.24, 2.45) is 0 Å². The van der Waals surface area contributed by atoms with Gasteiger partial charge in [-0.2, -0.15) is 5.26 Å². The van der Waals surface area contributed by atoms with E-state index in [9.17, 15) is 0 Å². The third kappa shape index (κ3) is 2.16. The van der Waals surface area contributed by atoms with Crippen LogP contribution in [-0.2, 0) is 0 Å². The molecule has 0 saturated carbocycles. The minimum Gasteiger partial charge on any atom is -0.305 e. The zero-order chi connectivity index (χ0) is 13.1. The number of aryl methyl sites for hydroxylation is 1. The molecule has 2 rings (SSSR count). The molecule has 0 spiro atoms. The summed E-state index contributed by atoms with van der Waals surface area (Å²) >= 11 is 0. The molecule has 0 radical (unpaired) electrons. The largest absolute Gasteiger partial charge is 0.305 e. The number of hydrogen-bond donors (Lipinski definition) is 1. The summed E-state index contributed by atoms with van der Waals surface area (Å²) in [6.07, 6.45) is 0. The summed E-state index contributed by atoms with van der Waals surface area (Å²) in [4.78, 5) is 0. The van der Waals surface area contributed by atoms with Gasteiger partial charge in [0.2, 0.25) is 0 Å². The maximum Gasteiger partial charge on any atom is 0.0998 e. The molecule has 2 nitrogen and oxygen atoms in total. The normalized spacial score (nSPS) is 9.83. The first-order valence-corrected chi connectivity index (χ1v) is 5.79. The number of hydrogen-bond acceptors (Lipinski definition) is 2. The zero-order valence-electron chi connectivity index (χ0n) is 10.5. The van der Waals surface area contributed by atoms with Gasteiger partial charge in [0.05, 0.1) is 11.6 Å². The standard InChI is InChI=1S/C16H14N2/c1-11-7-8-13(9-16(11)12(2)18)15-6-4-3-5-14(15)10-17/h3-9,18H,1-2H3. The molecule has 18 heavy (non-hydrogen) atoms. The maximum atomic E-state index is 9.12. The van der Waals surface area contributed by atoms with Crippen molar-refractivity contribution in [2.45, 2.75) is 13.8 Å². The van der Waals surface area contributed by atoms with E-state index >= 15 is 0 Å². The van der Waals surface area contributed by atoms with Crippen molar-refractivity contribution in [3.8, 4) is 17.2 Å². The van der Waals surface area contributed by atoms with Gasteiger partial charge >= 0.3 is 0 Å². The minimum atomic E-state index is 0.545. The van der Waals surface area contributed by atoms with Gasteiger partial charge in [-0.3, -0.25) is 0 Å². The lowest BCUT2D eigenvalue weighted by molar-refractivity contribution is 1.38. The van der Waals surface area contributed by atoms with Gasteiger partial charge in [0, 0.05) is 5.71 Å². The molecule has 0 unspecified atom stereocenters. The fourth-order valence-corrected chi connectivity index (χ4v) is 2.03. The van der Waals surface area contributed by atoms with Crippen molar-refractivity contribution in [1.82, 2.24) is 0 Å². The van der Waals surface area contributed by atoms with Crippen LogP contribution in [0.4, 0.5) is 0 Å². The number of nitriles is 1. The van der Waals surface area contributed by atoms with Gasteiger partial charge < -0.3 is 5.41 Å². The molecule has 0 aromatic heterocycles. The van der Waals surface area contributed by atoms with Gasteiger partial charge in [-0.15, -0.1) is 0 Å². The molecule has 88 valence electrons. The second-order valence-electron chi connectivity index (χ2n) is 4.31. The molecule has 0 fully saturated rings. The molecule has 0 atom stereocenters. The van der Waals surface area contributed by atoms with E-state index in [4.69, 9.17) is 10.7 Å². The lowest BCUT2D eigenvalue weighted by Gasteiger charge is -2.09. The SMILES string of the molecule is CC(=N)c1cc(-c2ccccc2C#N)ccc1C. The first-order valence-electron chi connectivity index (χ1n) is 5.79. The third-order valence-electron chi connectivity index (χ3n) is 3.00. The van der Waals surface area contributed by atoms with E-state index in [-0.39, 0.29) is 0 Å². The molecule has 0 aliphatic carbocycles. The molecular formula is C16H14N2. The van der Waals surface area contributed by atoms with Gasteiger partial charge in [0.15, 0.2) is 0 Å². The monoisotopic (exact) mass is 234 g/mol. The summed E-state index contributed by atoms with van der Waals surface area (Å²) in [6, 6.07) is 15.7. The van der Waals surface area contributed by atoms with Crippen LogP contribution in [0.2, 0.25) is 0 Å². The van der Waals surface area contributed by atoms with E-state index in [0.717, 1.165) is 22.3 Å². The number of nitrogens with zero attached hydrogens (tertiary/aromatic N) is 1. The molecular weight excluding hydrogens is 220 g/mol. The summed E-state index contributed by atoms with van der Waals surface area (Å²) in [5.74, 6) is 0. The van der Waals surface area contributed by atoms with Crippen molar-refractivity contribution in [1.29, 1.82) is 10.7 Å². The van der Waals surface area contributed by atoms with Crippen LogP contribution in [0.25, 0.3) is 11.1 Å². The summed E-state index contributed by atoms with van der Waals surface area (Å²) < 4.78 is 0. The average Bonchev–Trinajstić information content (AvgIpc) is 2.39. The zero-order valence-corrected chi connectivity index (χ0v) is 10.5. The van der Waals surface area contributed by atoms with E-state index in [2.05, 4.69) is 6.07 Å². The predicted molar refractivity (Wildman–Crippen MR) is 73.8 cm³/mol. The highest BCUT2D eigenvalue weighted by Crippen LogP contribution is 2.25. The Balaban J connectivity index is 2.62. The minimum absolute atomic E-state index is 0.545. The Bertz CT molecular complexity index is 648. The lowest BCUT2D eigenvalue weighted by atomic mass is 9.95. The molecule has 1 N–H and O–H groups in total. The molecule has 0 aliphatic heterocycles. The van der Waals surface area contributed by atoms with Crippen LogP contribution in [0, 0.1) is 23.7 Å². The van der Waals surface area contributed by atoms with Gasteiger partial charge in [-0.25, -0.2) is 0 Å². The van der Waals surface area contributed by atoms with Gasteiger partial charge in [0.25, 0.3) is 0 Å². The van der Waals surface area contributed by atoms with Crippen LogP contribution < -0.4 is 0 Å². The van der Waals surface area contributed by atoms with Crippen molar-refractivity contribution in [3.63, 3.8) is 0 Å². The third-order valence-corrected chi connectivity index (χ3v) is 3.00. The highest BCUT2D eigenvalue weighted by atomic mass is 14.4. The summed E-state index contributed by atoms with van der Waals surface area (Å²) in [5.41, 5.74) is 5.13. The average molecular weight is 234 g/mol. The second kappa shape index (κ2) is 4.85. The lowest BCUT2D eigenvalue weighted by Crippen LogP contribution is -1.97. The molecule has 0 amide bonds. The molecule has 0 bridgehead atoms. The van der Waals surface area contributed by atoms with Gasteiger partial charge in [-0.1, -0.05) is 30.3 Å². The van der Waals surface area contributed by atoms with Crippen LogP contribution in [0.5, 0.6) is 0 Å². The van der Waals surface area contributed by atoms with Crippen LogP contribution in [0.1, 0.15) is 23.6 Å². The number of nitrogens with one attached hydrogen (secondary N) is 1. The van der Waals surface area contributed by atoms with Crippen molar-refractivity contribution in [3.05, 3.63) is 59.2 Å². The summed E-state index contributed by atoms with van der Waals surface area (Å²) in [6.45, 7) is 3.77. The first-order chi connectivity index (χ1) is 8.63. The summed E-state index contributed by atoms with van der Waals surface area (Å²) in [5, 5.41) is 16.9. The van der Waals surface area contributed by atoms with Crippen molar-refractivity contribution < 1.29 is 0 Å². The topological polar surface area (TPSA) is 47.6 Å². The maximum absolute atomic E-state index is 9.12. The van der Waals surface area contributed by atoms with E-state index < -0.39 is 0 Å². The van der Waals surface area contributed by atoms with E-state index in [0.29, 0.717) is 11.3 Å². The molecule has 0 saturated heterocycles. The molecule has 0 aliphatic rings.